The number of carbonyl (C=O) groups is 1. The van der Waals surface area contributed by atoms with Crippen LogP contribution in [0.2, 0.25) is 5.02 Å². The summed E-state index contributed by atoms with van der Waals surface area (Å²) in [6, 6.07) is 17.1. The molecule has 1 fully saturated rings. The molecule has 0 aliphatic carbocycles. The van der Waals surface area contributed by atoms with Crippen LogP contribution in [0, 0.1) is 0 Å². The van der Waals surface area contributed by atoms with E-state index in [4.69, 9.17) is 20.9 Å². The van der Waals surface area contributed by atoms with Crippen LogP contribution in [-0.4, -0.2) is 49.3 Å². The van der Waals surface area contributed by atoms with Crippen LogP contribution in [0.25, 0.3) is 11.3 Å². The minimum Gasteiger partial charge on any atom is -0.378 e. The second kappa shape index (κ2) is 9.54. The van der Waals surface area contributed by atoms with E-state index in [1.807, 2.05) is 43.3 Å². The molecule has 4 rings (SSSR count). The van der Waals surface area contributed by atoms with Crippen LogP contribution >= 0.6 is 11.6 Å². The van der Waals surface area contributed by atoms with Gasteiger partial charge in [-0.25, -0.2) is 0 Å². The third-order valence-corrected chi connectivity index (χ3v) is 5.67. The maximum absolute atomic E-state index is 13.3. The van der Waals surface area contributed by atoms with Crippen molar-refractivity contribution in [2.45, 2.75) is 25.5 Å². The summed E-state index contributed by atoms with van der Waals surface area (Å²) in [7, 11) is 4.01. The molecule has 1 atom stereocenters. The number of carbonyl (C=O) groups excluding carboxylic acids is 1. The molecule has 1 saturated heterocycles. The van der Waals surface area contributed by atoms with Crippen molar-refractivity contribution in [3.63, 3.8) is 0 Å². The smallest absolute Gasteiger partial charge is 0.276 e. The molecule has 2 heterocycles. The Morgan fingerprint density at radius 2 is 1.87 bits per heavy atom. The van der Waals surface area contributed by atoms with E-state index in [1.165, 1.54) is 0 Å². The summed E-state index contributed by atoms with van der Waals surface area (Å²) >= 11 is 5.96. The average molecular weight is 440 g/mol. The number of benzene rings is 2. The van der Waals surface area contributed by atoms with Gasteiger partial charge in [0.05, 0.1) is 6.10 Å². The molecule has 0 N–H and O–H groups in total. The Balaban J connectivity index is 1.54. The molecule has 0 bridgehead atoms. The van der Waals surface area contributed by atoms with E-state index in [9.17, 15) is 4.79 Å². The summed E-state index contributed by atoms with van der Waals surface area (Å²) < 4.78 is 11.2. The van der Waals surface area contributed by atoms with E-state index >= 15 is 0 Å². The largest absolute Gasteiger partial charge is 0.378 e. The molecule has 0 radical (unpaired) electrons. The maximum Gasteiger partial charge on any atom is 0.276 e. The fourth-order valence-corrected chi connectivity index (χ4v) is 3.79. The molecule has 0 unspecified atom stereocenters. The van der Waals surface area contributed by atoms with Crippen molar-refractivity contribution in [3.8, 4) is 11.3 Å². The number of halogens is 1. The van der Waals surface area contributed by atoms with Gasteiger partial charge in [-0.05, 0) is 54.8 Å². The first kappa shape index (κ1) is 21.4. The van der Waals surface area contributed by atoms with E-state index in [-0.39, 0.29) is 17.7 Å². The SMILES string of the molecule is CN(C)c1ccc(CN(C[C@@H]2CCCO2)C(=O)c2cc(-c3ccc(Cl)cc3)on2)cc1. The number of anilines is 1. The van der Waals surface area contributed by atoms with Crippen LogP contribution < -0.4 is 4.90 Å². The Bertz CT molecular complexity index is 1010. The average Bonchev–Trinajstić information content (AvgIpc) is 3.46. The fourth-order valence-electron chi connectivity index (χ4n) is 3.66. The molecule has 2 aromatic carbocycles. The van der Waals surface area contributed by atoms with Gasteiger partial charge in [0.1, 0.15) is 0 Å². The number of rotatable bonds is 7. The molecule has 31 heavy (non-hydrogen) atoms. The minimum atomic E-state index is -0.170. The normalized spacial score (nSPS) is 15.8. The van der Waals surface area contributed by atoms with Gasteiger partial charge in [-0.15, -0.1) is 0 Å². The Kier molecular flexibility index (Phi) is 6.59. The number of nitrogens with zero attached hydrogens (tertiary/aromatic N) is 3. The molecule has 1 aliphatic rings. The Hall–Kier alpha value is -2.83. The van der Waals surface area contributed by atoms with Crippen molar-refractivity contribution in [3.05, 3.63) is 70.9 Å². The standard InChI is InChI=1S/C24H26ClN3O3/c1-27(2)20-11-5-17(6-12-20)15-28(16-21-4-3-13-30-21)24(29)22-14-23(31-26-22)18-7-9-19(25)10-8-18/h5-12,14,21H,3-4,13,15-16H2,1-2H3/t21-/m0/s1. The van der Waals surface area contributed by atoms with E-state index in [1.54, 1.807) is 23.1 Å². The predicted molar refractivity (Wildman–Crippen MR) is 121 cm³/mol. The van der Waals surface area contributed by atoms with Gasteiger partial charge in [-0.3, -0.25) is 4.79 Å². The first-order valence-electron chi connectivity index (χ1n) is 10.4. The summed E-state index contributed by atoms with van der Waals surface area (Å²) in [5, 5.41) is 4.68. The predicted octanol–water partition coefficient (Wildman–Crippen LogP) is 4.88. The Morgan fingerprint density at radius 3 is 2.52 bits per heavy atom. The van der Waals surface area contributed by atoms with Crippen molar-refractivity contribution in [1.29, 1.82) is 0 Å². The second-order valence-electron chi connectivity index (χ2n) is 7.96. The molecular weight excluding hydrogens is 414 g/mol. The Labute approximate surface area is 187 Å². The highest BCUT2D eigenvalue weighted by molar-refractivity contribution is 6.30. The van der Waals surface area contributed by atoms with E-state index in [0.717, 1.165) is 36.3 Å². The molecule has 1 aliphatic heterocycles. The first-order chi connectivity index (χ1) is 15.0. The zero-order valence-electron chi connectivity index (χ0n) is 17.8. The second-order valence-corrected chi connectivity index (χ2v) is 8.40. The van der Waals surface area contributed by atoms with E-state index in [0.29, 0.717) is 23.9 Å². The van der Waals surface area contributed by atoms with Gasteiger partial charge in [0.15, 0.2) is 11.5 Å². The molecule has 6 nitrogen and oxygen atoms in total. The van der Waals surface area contributed by atoms with Gasteiger partial charge in [0, 0.05) is 56.1 Å². The molecule has 0 saturated carbocycles. The number of aromatic nitrogens is 1. The van der Waals surface area contributed by atoms with Crippen molar-refractivity contribution in [2.24, 2.45) is 0 Å². The van der Waals surface area contributed by atoms with Crippen LogP contribution in [0.5, 0.6) is 0 Å². The molecule has 3 aromatic rings. The lowest BCUT2D eigenvalue weighted by Crippen LogP contribution is -2.37. The first-order valence-corrected chi connectivity index (χ1v) is 10.8. The molecule has 0 spiro atoms. The van der Waals surface area contributed by atoms with Crippen LogP contribution in [0.3, 0.4) is 0 Å². The summed E-state index contributed by atoms with van der Waals surface area (Å²) in [6.45, 7) is 1.75. The monoisotopic (exact) mass is 439 g/mol. The highest BCUT2D eigenvalue weighted by Crippen LogP contribution is 2.24. The number of amides is 1. The van der Waals surface area contributed by atoms with Crippen molar-refractivity contribution in [2.75, 3.05) is 32.1 Å². The van der Waals surface area contributed by atoms with Crippen LogP contribution in [0.15, 0.2) is 59.1 Å². The van der Waals surface area contributed by atoms with Crippen molar-refractivity contribution in [1.82, 2.24) is 10.1 Å². The van der Waals surface area contributed by atoms with Crippen LogP contribution in [-0.2, 0) is 11.3 Å². The number of hydrogen-bond donors (Lipinski definition) is 0. The van der Waals surface area contributed by atoms with Gasteiger partial charge in [0.25, 0.3) is 5.91 Å². The highest BCUT2D eigenvalue weighted by Gasteiger charge is 2.26. The van der Waals surface area contributed by atoms with Crippen molar-refractivity contribution < 1.29 is 14.1 Å². The van der Waals surface area contributed by atoms with Gasteiger partial charge in [-0.2, -0.15) is 0 Å². The number of hydrogen-bond acceptors (Lipinski definition) is 5. The minimum absolute atomic E-state index is 0.0487. The van der Waals surface area contributed by atoms with Crippen LogP contribution in [0.4, 0.5) is 5.69 Å². The molecule has 7 heteroatoms. The van der Waals surface area contributed by atoms with Gasteiger partial charge >= 0.3 is 0 Å². The third kappa shape index (κ3) is 5.27. The fraction of sp³-hybridized carbons (Fsp3) is 0.333. The zero-order chi connectivity index (χ0) is 21.8. The van der Waals surface area contributed by atoms with Gasteiger partial charge in [-0.1, -0.05) is 28.9 Å². The maximum atomic E-state index is 13.3. The molecular formula is C24H26ClN3O3. The summed E-state index contributed by atoms with van der Waals surface area (Å²) in [4.78, 5) is 17.2. The van der Waals surface area contributed by atoms with Crippen molar-refractivity contribution >= 4 is 23.2 Å². The topological polar surface area (TPSA) is 58.8 Å². The quantitative estimate of drug-likeness (QED) is 0.525. The summed E-state index contributed by atoms with van der Waals surface area (Å²) in [5.74, 6) is 0.364. The lowest BCUT2D eigenvalue weighted by Gasteiger charge is -2.25. The van der Waals surface area contributed by atoms with Crippen LogP contribution in [0.1, 0.15) is 28.9 Å². The highest BCUT2D eigenvalue weighted by atomic mass is 35.5. The third-order valence-electron chi connectivity index (χ3n) is 5.42. The molecule has 1 amide bonds. The Morgan fingerprint density at radius 1 is 1.13 bits per heavy atom. The van der Waals surface area contributed by atoms with Gasteiger partial charge < -0.3 is 19.1 Å². The van der Waals surface area contributed by atoms with Gasteiger partial charge in [0.2, 0.25) is 0 Å². The zero-order valence-corrected chi connectivity index (χ0v) is 18.5. The van der Waals surface area contributed by atoms with E-state index < -0.39 is 0 Å². The lowest BCUT2D eigenvalue weighted by atomic mass is 10.1. The summed E-state index contributed by atoms with van der Waals surface area (Å²) in [5.41, 5.74) is 3.27. The number of ether oxygens (including phenoxy) is 1. The molecule has 162 valence electrons. The van der Waals surface area contributed by atoms with E-state index in [2.05, 4.69) is 17.3 Å². The summed E-state index contributed by atoms with van der Waals surface area (Å²) in [6.07, 6.45) is 2.03. The lowest BCUT2D eigenvalue weighted by molar-refractivity contribution is 0.0499. The molecule has 1 aromatic heterocycles.